The van der Waals surface area contributed by atoms with E-state index in [-0.39, 0.29) is 29.8 Å². The first-order valence-electron chi connectivity index (χ1n) is 9.62. The molecule has 0 saturated heterocycles. The predicted octanol–water partition coefficient (Wildman–Crippen LogP) is 3.48. The number of hydrogen-bond acceptors (Lipinski definition) is 5. The summed E-state index contributed by atoms with van der Waals surface area (Å²) in [5, 5.41) is 3.28. The topological polar surface area (TPSA) is 101 Å². The normalized spacial score (nSPS) is 12.9. The number of anilines is 1. The predicted molar refractivity (Wildman–Crippen MR) is 124 cm³/mol. The maximum absolute atomic E-state index is 12.3. The van der Waals surface area contributed by atoms with Crippen molar-refractivity contribution in [3.8, 4) is 0 Å². The van der Waals surface area contributed by atoms with Gasteiger partial charge < -0.3 is 5.32 Å². The van der Waals surface area contributed by atoms with Crippen molar-refractivity contribution in [2.24, 2.45) is 0 Å². The lowest BCUT2D eigenvalue weighted by atomic mass is 10.1. The van der Waals surface area contributed by atoms with Gasteiger partial charge in [0, 0.05) is 24.2 Å². The molecule has 0 aliphatic carbocycles. The lowest BCUT2D eigenvalue weighted by Gasteiger charge is -2.24. The van der Waals surface area contributed by atoms with Crippen LogP contribution >= 0.6 is 11.6 Å². The quantitative estimate of drug-likeness (QED) is 0.584. The molecule has 10 heteroatoms. The van der Waals surface area contributed by atoms with E-state index in [4.69, 9.17) is 11.6 Å². The zero-order chi connectivity index (χ0) is 23.4. The average Bonchev–Trinajstić information content (AvgIpc) is 2.66. The van der Waals surface area contributed by atoms with Gasteiger partial charge in [-0.15, -0.1) is 0 Å². The van der Waals surface area contributed by atoms with Crippen molar-refractivity contribution in [1.82, 2.24) is 5.32 Å². The van der Waals surface area contributed by atoms with Crippen LogP contribution < -0.4 is 9.62 Å². The van der Waals surface area contributed by atoms with Gasteiger partial charge in [0.2, 0.25) is 15.9 Å². The van der Waals surface area contributed by atoms with Gasteiger partial charge in [0.1, 0.15) is 0 Å². The second-order valence-corrected chi connectivity index (χ2v) is 11.9. The molecule has 1 N–H and O–H groups in total. The Hall–Kier alpha value is -2.10. The van der Waals surface area contributed by atoms with Crippen molar-refractivity contribution in [2.75, 3.05) is 23.4 Å². The molecule has 0 radical (unpaired) electrons. The third-order valence-electron chi connectivity index (χ3n) is 4.79. The van der Waals surface area contributed by atoms with Crippen molar-refractivity contribution in [1.29, 1.82) is 0 Å². The minimum Gasteiger partial charge on any atom is -0.350 e. The number of carbonyl (C=O) groups is 1. The molecule has 0 saturated carbocycles. The Morgan fingerprint density at radius 2 is 1.68 bits per heavy atom. The van der Waals surface area contributed by atoms with Crippen molar-refractivity contribution < 1.29 is 21.6 Å². The summed E-state index contributed by atoms with van der Waals surface area (Å²) in [5.41, 5.74) is 2.04. The summed E-state index contributed by atoms with van der Waals surface area (Å²) in [6.07, 6.45) is 2.72. The van der Waals surface area contributed by atoms with E-state index in [2.05, 4.69) is 5.32 Å². The van der Waals surface area contributed by atoms with Crippen LogP contribution in [0.25, 0.3) is 0 Å². The monoisotopic (exact) mass is 486 g/mol. The summed E-state index contributed by atoms with van der Waals surface area (Å²) in [5.74, 6) is -0.226. The molecule has 0 unspecified atom stereocenters. The fraction of sp³-hybridized carbons (Fsp3) is 0.381. The standard InChI is InChI=1S/C21H27ClN2O5S2/c1-15-7-10-18(22)14-20(15)24(31(4,28)29)13-5-6-21(25)23-16(2)17-8-11-19(12-9-17)30(3,26)27/h7-12,14,16H,5-6,13H2,1-4H3,(H,23,25)/t16-/m1/s1. The van der Waals surface area contributed by atoms with E-state index in [1.54, 1.807) is 44.2 Å². The first kappa shape index (κ1) is 25.2. The first-order chi connectivity index (χ1) is 14.3. The molecule has 0 spiro atoms. The fourth-order valence-electron chi connectivity index (χ4n) is 3.10. The molecule has 1 atom stereocenters. The van der Waals surface area contributed by atoms with Crippen LogP contribution in [0, 0.1) is 6.92 Å². The number of rotatable bonds is 9. The smallest absolute Gasteiger partial charge is 0.232 e. The van der Waals surface area contributed by atoms with E-state index in [1.165, 1.54) is 16.4 Å². The molecular formula is C21H27ClN2O5S2. The number of benzene rings is 2. The van der Waals surface area contributed by atoms with Crippen LogP contribution in [0.1, 0.15) is 36.9 Å². The molecule has 170 valence electrons. The maximum Gasteiger partial charge on any atom is 0.232 e. The molecule has 31 heavy (non-hydrogen) atoms. The van der Waals surface area contributed by atoms with Crippen LogP contribution in [0.2, 0.25) is 5.02 Å². The molecule has 0 bridgehead atoms. The maximum atomic E-state index is 12.3. The zero-order valence-corrected chi connectivity index (χ0v) is 20.3. The highest BCUT2D eigenvalue weighted by atomic mass is 35.5. The summed E-state index contributed by atoms with van der Waals surface area (Å²) in [6, 6.07) is 11.1. The summed E-state index contributed by atoms with van der Waals surface area (Å²) >= 11 is 6.03. The molecular weight excluding hydrogens is 460 g/mol. The molecule has 0 aromatic heterocycles. The number of carbonyl (C=O) groups excluding carboxylic acids is 1. The van der Waals surface area contributed by atoms with Gasteiger partial charge in [-0.05, 0) is 55.7 Å². The van der Waals surface area contributed by atoms with Crippen molar-refractivity contribution in [3.63, 3.8) is 0 Å². The van der Waals surface area contributed by atoms with Gasteiger partial charge in [-0.1, -0.05) is 29.8 Å². The molecule has 1 amide bonds. The number of nitrogens with zero attached hydrogens (tertiary/aromatic N) is 1. The molecule has 0 heterocycles. The molecule has 0 aliphatic heterocycles. The highest BCUT2D eigenvalue weighted by Crippen LogP contribution is 2.26. The van der Waals surface area contributed by atoms with Crippen LogP contribution in [0.15, 0.2) is 47.4 Å². The van der Waals surface area contributed by atoms with Gasteiger partial charge in [-0.3, -0.25) is 9.10 Å². The Balaban J connectivity index is 1.98. The summed E-state index contributed by atoms with van der Waals surface area (Å²) in [4.78, 5) is 12.6. The number of sulfone groups is 1. The molecule has 2 rings (SSSR count). The highest BCUT2D eigenvalue weighted by molar-refractivity contribution is 7.92. The molecule has 0 fully saturated rings. The van der Waals surface area contributed by atoms with Crippen molar-refractivity contribution >= 4 is 43.1 Å². The van der Waals surface area contributed by atoms with Gasteiger partial charge >= 0.3 is 0 Å². The van der Waals surface area contributed by atoms with E-state index >= 15 is 0 Å². The SMILES string of the molecule is Cc1ccc(Cl)cc1N(CCCC(=O)N[C@H](C)c1ccc(S(C)(=O)=O)cc1)S(C)(=O)=O. The van der Waals surface area contributed by atoms with E-state index < -0.39 is 19.9 Å². The Morgan fingerprint density at radius 1 is 1.06 bits per heavy atom. The van der Waals surface area contributed by atoms with Crippen molar-refractivity contribution in [2.45, 2.75) is 37.6 Å². The van der Waals surface area contributed by atoms with E-state index in [0.29, 0.717) is 17.1 Å². The van der Waals surface area contributed by atoms with E-state index in [9.17, 15) is 21.6 Å². The summed E-state index contributed by atoms with van der Waals surface area (Å²) in [7, 11) is -6.82. The summed E-state index contributed by atoms with van der Waals surface area (Å²) in [6.45, 7) is 3.74. The van der Waals surface area contributed by atoms with Gasteiger partial charge in [0.25, 0.3) is 0 Å². The second kappa shape index (κ2) is 10.0. The minimum atomic E-state index is -3.54. The van der Waals surface area contributed by atoms with Crippen molar-refractivity contribution in [3.05, 3.63) is 58.6 Å². The number of halogens is 1. The Morgan fingerprint density at radius 3 is 2.23 bits per heavy atom. The van der Waals surface area contributed by atoms with Gasteiger partial charge in [-0.2, -0.15) is 0 Å². The largest absolute Gasteiger partial charge is 0.350 e. The lowest BCUT2D eigenvalue weighted by Crippen LogP contribution is -2.33. The zero-order valence-electron chi connectivity index (χ0n) is 17.9. The third-order valence-corrected chi connectivity index (χ3v) is 7.33. The fourth-order valence-corrected chi connectivity index (χ4v) is 4.91. The van der Waals surface area contributed by atoms with Gasteiger partial charge in [0.05, 0.1) is 22.9 Å². The Labute approximate surface area is 189 Å². The number of aryl methyl sites for hydroxylation is 1. The minimum absolute atomic E-state index is 0.136. The molecule has 7 nitrogen and oxygen atoms in total. The average molecular weight is 487 g/mol. The van der Waals surface area contributed by atoms with Crippen LogP contribution in [0.5, 0.6) is 0 Å². The Kier molecular flexibility index (Phi) is 8.13. The molecule has 2 aromatic rings. The van der Waals surface area contributed by atoms with Crippen LogP contribution in [0.4, 0.5) is 5.69 Å². The van der Waals surface area contributed by atoms with Crippen LogP contribution in [-0.4, -0.2) is 41.8 Å². The number of amides is 1. The second-order valence-electron chi connectivity index (χ2n) is 7.50. The Bertz CT molecular complexity index is 1150. The lowest BCUT2D eigenvalue weighted by molar-refractivity contribution is -0.121. The molecule has 0 aliphatic rings. The van der Waals surface area contributed by atoms with Gasteiger partial charge in [-0.25, -0.2) is 16.8 Å². The van der Waals surface area contributed by atoms with E-state index in [1.807, 2.05) is 0 Å². The van der Waals surface area contributed by atoms with Crippen LogP contribution in [0.3, 0.4) is 0 Å². The molecule has 2 aromatic carbocycles. The van der Waals surface area contributed by atoms with Crippen LogP contribution in [-0.2, 0) is 24.7 Å². The first-order valence-corrected chi connectivity index (χ1v) is 13.7. The number of hydrogen-bond donors (Lipinski definition) is 1. The van der Waals surface area contributed by atoms with Gasteiger partial charge in [0.15, 0.2) is 9.84 Å². The third kappa shape index (κ3) is 7.22. The number of nitrogens with one attached hydrogen (secondary N) is 1. The van der Waals surface area contributed by atoms with E-state index in [0.717, 1.165) is 23.6 Å². The highest BCUT2D eigenvalue weighted by Gasteiger charge is 2.20. The summed E-state index contributed by atoms with van der Waals surface area (Å²) < 4.78 is 48.9. The number of sulfonamides is 1.